The molecule has 3 aromatic carbocycles. The van der Waals surface area contributed by atoms with E-state index in [2.05, 4.69) is 21.3 Å². The van der Waals surface area contributed by atoms with E-state index in [9.17, 15) is 19.2 Å². The highest BCUT2D eigenvalue weighted by molar-refractivity contribution is 5.91. The van der Waals surface area contributed by atoms with Gasteiger partial charge in [-0.3, -0.25) is 19.7 Å². The van der Waals surface area contributed by atoms with Gasteiger partial charge >= 0.3 is 5.97 Å². The quantitative estimate of drug-likeness (QED) is 0.0727. The predicted octanol–water partition coefficient (Wildman–Crippen LogP) is 1.02. The first-order valence-electron chi connectivity index (χ1n) is 15.6. The molecule has 1 fully saturated rings. The van der Waals surface area contributed by atoms with Crippen LogP contribution in [0.5, 0.6) is 0 Å². The highest BCUT2D eigenvalue weighted by atomic mass is 16.5. The third-order valence-electron chi connectivity index (χ3n) is 7.57. The highest BCUT2D eigenvalue weighted by Gasteiger charge is 2.40. The Balaban J connectivity index is 1.51. The number of ether oxygens (including phenoxy) is 3. The van der Waals surface area contributed by atoms with Crippen LogP contribution in [0.25, 0.3) is 0 Å². The van der Waals surface area contributed by atoms with E-state index >= 15 is 0 Å². The van der Waals surface area contributed by atoms with E-state index in [1.165, 1.54) is 0 Å². The first-order valence-corrected chi connectivity index (χ1v) is 15.6. The standard InChI is InChI=1S/C35H42N4O8/c40-19-17-36-32(42)25-46-23-22-45-21-18-37-33(43)30(24-31(41)38-29-16-20-47-34(29)44)39-35(26-10-4-1-5-11-26,27-12-6-2-7-13-27)28-14-8-3-9-15-28/h1-15,29-30,39-40H,16-25H2,(H,36,42)(H,37,43)(H,38,41)/t29-,30-/m0/s1. The molecule has 4 rings (SSSR count). The van der Waals surface area contributed by atoms with Crippen molar-refractivity contribution in [1.82, 2.24) is 21.3 Å². The minimum atomic E-state index is -1.03. The van der Waals surface area contributed by atoms with Crippen molar-refractivity contribution >= 4 is 23.7 Å². The van der Waals surface area contributed by atoms with Gasteiger partial charge in [0.1, 0.15) is 12.6 Å². The second kappa shape index (κ2) is 18.5. The maximum Gasteiger partial charge on any atom is 0.328 e. The molecule has 5 N–H and O–H groups in total. The van der Waals surface area contributed by atoms with Crippen LogP contribution in [0.3, 0.4) is 0 Å². The summed E-state index contributed by atoms with van der Waals surface area (Å²) in [6.45, 7) is 0.771. The zero-order valence-corrected chi connectivity index (χ0v) is 26.2. The van der Waals surface area contributed by atoms with Crippen molar-refractivity contribution in [3.63, 3.8) is 0 Å². The van der Waals surface area contributed by atoms with Crippen LogP contribution in [-0.2, 0) is 38.9 Å². The summed E-state index contributed by atoms with van der Waals surface area (Å²) in [4.78, 5) is 50.8. The average molecular weight is 647 g/mol. The van der Waals surface area contributed by atoms with Crippen molar-refractivity contribution in [3.8, 4) is 0 Å². The molecule has 0 bridgehead atoms. The molecule has 0 radical (unpaired) electrons. The summed E-state index contributed by atoms with van der Waals surface area (Å²) in [6, 6.07) is 27.4. The van der Waals surface area contributed by atoms with Crippen LogP contribution in [0.2, 0.25) is 0 Å². The number of carbonyl (C=O) groups excluding carboxylic acids is 4. The van der Waals surface area contributed by atoms with Crippen molar-refractivity contribution in [2.45, 2.75) is 30.5 Å². The van der Waals surface area contributed by atoms with Crippen LogP contribution in [0, 0.1) is 0 Å². The Morgan fingerprint density at radius 2 is 1.36 bits per heavy atom. The lowest BCUT2D eigenvalue weighted by atomic mass is 9.76. The Hall–Kier alpha value is -4.62. The van der Waals surface area contributed by atoms with Gasteiger partial charge in [0, 0.05) is 19.5 Å². The smallest absolute Gasteiger partial charge is 0.328 e. The molecule has 0 spiro atoms. The van der Waals surface area contributed by atoms with E-state index < -0.39 is 35.4 Å². The lowest BCUT2D eigenvalue weighted by Crippen LogP contribution is -2.57. The fourth-order valence-corrected chi connectivity index (χ4v) is 5.35. The normalized spacial score (nSPS) is 15.0. The molecule has 250 valence electrons. The topological polar surface area (TPSA) is 164 Å². The summed E-state index contributed by atoms with van der Waals surface area (Å²) in [5.41, 5.74) is 1.56. The maximum absolute atomic E-state index is 13.9. The lowest BCUT2D eigenvalue weighted by molar-refractivity contribution is -0.141. The minimum absolute atomic E-state index is 0.150. The molecule has 0 unspecified atom stereocenters. The van der Waals surface area contributed by atoms with Gasteiger partial charge in [-0.2, -0.15) is 0 Å². The molecule has 0 aromatic heterocycles. The van der Waals surface area contributed by atoms with Crippen molar-refractivity contribution in [1.29, 1.82) is 0 Å². The van der Waals surface area contributed by atoms with Gasteiger partial charge in [0.25, 0.3) is 0 Å². The molecule has 47 heavy (non-hydrogen) atoms. The molecular formula is C35H42N4O8. The maximum atomic E-state index is 13.9. The number of carbonyl (C=O) groups is 4. The van der Waals surface area contributed by atoms with Crippen molar-refractivity contribution in [2.75, 3.05) is 52.7 Å². The summed E-state index contributed by atoms with van der Waals surface area (Å²) in [5, 5.41) is 20.4. The molecule has 1 heterocycles. The van der Waals surface area contributed by atoms with Crippen LogP contribution < -0.4 is 21.3 Å². The SMILES string of the molecule is O=C(COCCOCCNC(=O)[C@H](CC(=O)N[C@H]1CCOC1=O)NC(c1ccccc1)(c1ccccc1)c1ccccc1)NCCO. The summed E-state index contributed by atoms with van der Waals surface area (Å²) in [5.74, 6) is -1.73. The van der Waals surface area contributed by atoms with E-state index in [0.717, 1.165) is 16.7 Å². The molecule has 1 saturated heterocycles. The molecule has 1 aliphatic rings. The van der Waals surface area contributed by atoms with Gasteiger partial charge in [-0.25, -0.2) is 4.79 Å². The van der Waals surface area contributed by atoms with Crippen molar-refractivity contribution in [3.05, 3.63) is 108 Å². The first kappa shape index (κ1) is 35.2. The molecule has 12 heteroatoms. The lowest BCUT2D eigenvalue weighted by Gasteiger charge is -2.39. The van der Waals surface area contributed by atoms with E-state index in [-0.39, 0.29) is 65.1 Å². The Labute approximate surface area is 274 Å². The van der Waals surface area contributed by atoms with Crippen LogP contribution in [0.4, 0.5) is 0 Å². The molecule has 0 saturated carbocycles. The molecule has 3 aromatic rings. The second-order valence-electron chi connectivity index (χ2n) is 10.9. The van der Waals surface area contributed by atoms with Crippen LogP contribution >= 0.6 is 0 Å². The summed E-state index contributed by atoms with van der Waals surface area (Å²) in [6.07, 6.45) is 0.113. The number of aliphatic hydroxyl groups excluding tert-OH is 1. The van der Waals surface area contributed by atoms with Gasteiger partial charge in [-0.1, -0.05) is 91.0 Å². The van der Waals surface area contributed by atoms with Crippen LogP contribution in [0.15, 0.2) is 91.0 Å². The Morgan fingerprint density at radius 3 is 1.89 bits per heavy atom. The molecule has 1 aliphatic heterocycles. The molecule has 0 aliphatic carbocycles. The number of hydrogen-bond acceptors (Lipinski definition) is 9. The zero-order valence-electron chi connectivity index (χ0n) is 26.2. The van der Waals surface area contributed by atoms with E-state index in [1.807, 2.05) is 91.0 Å². The highest BCUT2D eigenvalue weighted by Crippen LogP contribution is 2.37. The zero-order chi connectivity index (χ0) is 33.3. The third kappa shape index (κ3) is 10.2. The molecule has 2 atom stereocenters. The number of rotatable bonds is 19. The predicted molar refractivity (Wildman–Crippen MR) is 173 cm³/mol. The number of nitrogens with one attached hydrogen (secondary N) is 4. The summed E-state index contributed by atoms with van der Waals surface area (Å²) in [7, 11) is 0. The van der Waals surface area contributed by atoms with Gasteiger partial charge in [-0.05, 0) is 16.7 Å². The van der Waals surface area contributed by atoms with Gasteiger partial charge in [0.2, 0.25) is 17.7 Å². The number of amides is 3. The monoisotopic (exact) mass is 646 g/mol. The minimum Gasteiger partial charge on any atom is -0.464 e. The van der Waals surface area contributed by atoms with Gasteiger partial charge in [0.15, 0.2) is 0 Å². The first-order chi connectivity index (χ1) is 22.9. The van der Waals surface area contributed by atoms with E-state index in [4.69, 9.17) is 19.3 Å². The van der Waals surface area contributed by atoms with Crippen LogP contribution in [0.1, 0.15) is 29.5 Å². The Morgan fingerprint density at radius 1 is 0.787 bits per heavy atom. The summed E-state index contributed by atoms with van der Waals surface area (Å²) < 4.78 is 15.8. The van der Waals surface area contributed by atoms with Gasteiger partial charge < -0.3 is 35.3 Å². The number of benzene rings is 3. The molecular weight excluding hydrogens is 604 g/mol. The molecule has 12 nitrogen and oxygen atoms in total. The third-order valence-corrected chi connectivity index (χ3v) is 7.57. The largest absolute Gasteiger partial charge is 0.464 e. The van der Waals surface area contributed by atoms with E-state index in [0.29, 0.717) is 6.42 Å². The Kier molecular flexibility index (Phi) is 13.9. The van der Waals surface area contributed by atoms with Crippen molar-refractivity contribution in [2.24, 2.45) is 0 Å². The fourth-order valence-electron chi connectivity index (χ4n) is 5.35. The van der Waals surface area contributed by atoms with Gasteiger partial charge in [0.05, 0.1) is 51.0 Å². The molecule has 3 amide bonds. The van der Waals surface area contributed by atoms with Crippen LogP contribution in [-0.4, -0.2) is 93.6 Å². The fraction of sp³-hybridized carbons (Fsp3) is 0.371. The number of aliphatic hydroxyl groups is 1. The Bertz CT molecular complexity index is 1330. The number of hydrogen-bond donors (Lipinski definition) is 5. The summed E-state index contributed by atoms with van der Waals surface area (Å²) >= 11 is 0. The van der Waals surface area contributed by atoms with Crippen molar-refractivity contribution < 1.29 is 38.5 Å². The van der Waals surface area contributed by atoms with Gasteiger partial charge in [-0.15, -0.1) is 0 Å². The average Bonchev–Trinajstić information content (AvgIpc) is 3.51. The number of esters is 1. The van der Waals surface area contributed by atoms with E-state index in [1.54, 1.807) is 0 Å². The second-order valence-corrected chi connectivity index (χ2v) is 10.9. The number of cyclic esters (lactones) is 1.